The van der Waals surface area contributed by atoms with Gasteiger partial charge >= 0.3 is 0 Å². The van der Waals surface area contributed by atoms with E-state index in [4.69, 9.17) is 23.2 Å². The Morgan fingerprint density at radius 3 is 2.35 bits per heavy atom. The quantitative estimate of drug-likeness (QED) is 0.643. The molecular weight excluding hydrogens is 338 g/mol. The summed E-state index contributed by atoms with van der Waals surface area (Å²) < 4.78 is 14.7. The molecule has 0 saturated heterocycles. The zero-order valence-electron chi connectivity index (χ0n) is 11.8. The molecule has 0 bridgehead atoms. The highest BCUT2D eigenvalue weighted by Gasteiger charge is 2.14. The van der Waals surface area contributed by atoms with Crippen LogP contribution in [0.3, 0.4) is 0 Å². The number of hydrogen-bond acceptors (Lipinski definition) is 2. The Morgan fingerprint density at radius 1 is 1.09 bits per heavy atom. The predicted octanol–water partition coefficient (Wildman–Crippen LogP) is 4.64. The van der Waals surface area contributed by atoms with Crippen LogP contribution in [0.5, 0.6) is 0 Å². The molecule has 2 aromatic carbocycles. The molecule has 1 aromatic heterocycles. The summed E-state index contributed by atoms with van der Waals surface area (Å²) >= 11 is 11.4. The van der Waals surface area contributed by atoms with Crippen LogP contribution in [0.4, 0.5) is 4.39 Å². The summed E-state index contributed by atoms with van der Waals surface area (Å²) in [6.45, 7) is 0. The van der Waals surface area contributed by atoms with Crippen LogP contribution in [0.1, 0.15) is 5.69 Å². The fourth-order valence-corrected chi connectivity index (χ4v) is 2.52. The average molecular weight is 349 g/mol. The van der Waals surface area contributed by atoms with Gasteiger partial charge in [0.05, 0.1) is 17.8 Å². The summed E-state index contributed by atoms with van der Waals surface area (Å²) in [5.74, 6) is -0.324. The molecule has 0 spiro atoms. The van der Waals surface area contributed by atoms with Crippen LogP contribution < -0.4 is 0 Å². The van der Waals surface area contributed by atoms with Crippen LogP contribution in [-0.4, -0.2) is 15.0 Å². The number of nitrogens with zero attached hydrogens (tertiary/aromatic N) is 2. The second-order valence-corrected chi connectivity index (χ2v) is 5.81. The van der Waals surface area contributed by atoms with Gasteiger partial charge in [0.2, 0.25) is 5.24 Å². The van der Waals surface area contributed by atoms with E-state index in [0.717, 1.165) is 11.1 Å². The van der Waals surface area contributed by atoms with E-state index in [9.17, 15) is 9.18 Å². The molecule has 0 atom stereocenters. The van der Waals surface area contributed by atoms with E-state index in [2.05, 4.69) is 5.10 Å². The molecule has 116 valence electrons. The molecule has 0 N–H and O–H groups in total. The largest absolute Gasteiger partial charge is 0.281 e. The maximum absolute atomic E-state index is 13.1. The zero-order chi connectivity index (χ0) is 16.4. The van der Waals surface area contributed by atoms with Gasteiger partial charge in [-0.2, -0.15) is 5.10 Å². The Labute approximate surface area is 142 Å². The van der Waals surface area contributed by atoms with Crippen molar-refractivity contribution in [1.82, 2.24) is 9.78 Å². The van der Waals surface area contributed by atoms with Gasteiger partial charge in [-0.15, -0.1) is 0 Å². The van der Waals surface area contributed by atoms with E-state index >= 15 is 0 Å². The lowest BCUT2D eigenvalue weighted by Crippen LogP contribution is -1.99. The maximum Gasteiger partial charge on any atom is 0.227 e. The van der Waals surface area contributed by atoms with E-state index in [-0.39, 0.29) is 12.2 Å². The molecule has 0 aliphatic heterocycles. The summed E-state index contributed by atoms with van der Waals surface area (Å²) in [5.41, 5.74) is 2.89. The molecule has 6 heteroatoms. The third kappa shape index (κ3) is 3.60. The standard InChI is InChI=1S/C17H11Cl2FN2O/c18-12-3-1-11(2-4-12)15-10-22(21-16(15)9-17(19)23)14-7-5-13(20)6-8-14/h1-8,10H,9H2. The summed E-state index contributed by atoms with van der Waals surface area (Å²) in [5, 5.41) is 4.53. The van der Waals surface area contributed by atoms with Crippen molar-refractivity contribution in [3.05, 3.63) is 71.3 Å². The minimum absolute atomic E-state index is 0.00765. The van der Waals surface area contributed by atoms with Crippen LogP contribution >= 0.6 is 23.2 Å². The first-order chi connectivity index (χ1) is 11.0. The minimum Gasteiger partial charge on any atom is -0.281 e. The average Bonchev–Trinajstić information content (AvgIpc) is 2.92. The van der Waals surface area contributed by atoms with Gasteiger partial charge in [-0.3, -0.25) is 4.79 Å². The van der Waals surface area contributed by atoms with E-state index in [1.807, 2.05) is 12.1 Å². The predicted molar refractivity (Wildman–Crippen MR) is 88.5 cm³/mol. The van der Waals surface area contributed by atoms with Gasteiger partial charge in [-0.05, 0) is 53.6 Å². The normalized spacial score (nSPS) is 10.7. The monoisotopic (exact) mass is 348 g/mol. The number of aromatic nitrogens is 2. The Hall–Kier alpha value is -2.17. The molecule has 3 rings (SSSR count). The molecule has 0 fully saturated rings. The van der Waals surface area contributed by atoms with Gasteiger partial charge < -0.3 is 0 Å². The molecule has 3 nitrogen and oxygen atoms in total. The second-order valence-electron chi connectivity index (χ2n) is 4.95. The number of carbonyl (C=O) groups excluding carboxylic acids is 1. The second kappa shape index (κ2) is 6.52. The highest BCUT2D eigenvalue weighted by Crippen LogP contribution is 2.26. The lowest BCUT2D eigenvalue weighted by atomic mass is 10.1. The van der Waals surface area contributed by atoms with Crippen molar-refractivity contribution >= 4 is 28.4 Å². The third-order valence-corrected chi connectivity index (χ3v) is 3.73. The SMILES string of the molecule is O=C(Cl)Cc1nn(-c2ccc(F)cc2)cc1-c1ccc(Cl)cc1. The maximum atomic E-state index is 13.1. The first kappa shape index (κ1) is 15.7. The molecule has 0 saturated carbocycles. The first-order valence-corrected chi connectivity index (χ1v) is 7.57. The molecule has 0 aliphatic rings. The van der Waals surface area contributed by atoms with Crippen molar-refractivity contribution < 1.29 is 9.18 Å². The molecule has 0 unspecified atom stereocenters. The Morgan fingerprint density at radius 2 is 1.74 bits per heavy atom. The summed E-state index contributed by atoms with van der Waals surface area (Å²) in [6.07, 6.45) is 1.79. The lowest BCUT2D eigenvalue weighted by molar-refractivity contribution is -0.111. The number of carbonyl (C=O) groups is 1. The molecule has 3 aromatic rings. The van der Waals surface area contributed by atoms with Crippen LogP contribution in [0.25, 0.3) is 16.8 Å². The molecule has 1 heterocycles. The van der Waals surface area contributed by atoms with Crippen molar-refractivity contribution in [3.8, 4) is 16.8 Å². The zero-order valence-corrected chi connectivity index (χ0v) is 13.4. The highest BCUT2D eigenvalue weighted by atomic mass is 35.5. The summed E-state index contributed by atoms with van der Waals surface area (Å²) in [4.78, 5) is 11.3. The number of hydrogen-bond donors (Lipinski definition) is 0. The summed E-state index contributed by atoms with van der Waals surface area (Å²) in [6, 6.07) is 13.1. The van der Waals surface area contributed by atoms with Gasteiger partial charge in [0, 0.05) is 16.8 Å². The Bertz CT molecular complexity index is 842. The number of halogens is 3. The van der Waals surface area contributed by atoms with Crippen molar-refractivity contribution in [3.63, 3.8) is 0 Å². The third-order valence-electron chi connectivity index (χ3n) is 3.34. The number of benzene rings is 2. The van der Waals surface area contributed by atoms with Gasteiger partial charge in [-0.25, -0.2) is 9.07 Å². The highest BCUT2D eigenvalue weighted by molar-refractivity contribution is 6.63. The van der Waals surface area contributed by atoms with Gasteiger partial charge in [0.1, 0.15) is 5.82 Å². The van der Waals surface area contributed by atoms with Crippen LogP contribution in [-0.2, 0) is 11.2 Å². The Balaban J connectivity index is 2.08. The van der Waals surface area contributed by atoms with E-state index < -0.39 is 5.24 Å². The van der Waals surface area contributed by atoms with E-state index in [0.29, 0.717) is 16.4 Å². The smallest absolute Gasteiger partial charge is 0.227 e. The molecule has 0 radical (unpaired) electrons. The summed E-state index contributed by atoms with van der Waals surface area (Å²) in [7, 11) is 0. The fourth-order valence-electron chi connectivity index (χ4n) is 2.27. The first-order valence-electron chi connectivity index (χ1n) is 6.81. The van der Waals surface area contributed by atoms with Crippen molar-refractivity contribution in [1.29, 1.82) is 0 Å². The van der Waals surface area contributed by atoms with Gasteiger partial charge in [0.15, 0.2) is 0 Å². The van der Waals surface area contributed by atoms with E-state index in [1.165, 1.54) is 12.1 Å². The topological polar surface area (TPSA) is 34.9 Å². The number of rotatable bonds is 4. The van der Waals surface area contributed by atoms with Crippen LogP contribution in [0.15, 0.2) is 54.7 Å². The lowest BCUT2D eigenvalue weighted by Gasteiger charge is -2.00. The van der Waals surface area contributed by atoms with Gasteiger partial charge in [-0.1, -0.05) is 23.7 Å². The van der Waals surface area contributed by atoms with E-state index in [1.54, 1.807) is 35.1 Å². The molecule has 23 heavy (non-hydrogen) atoms. The van der Waals surface area contributed by atoms with Gasteiger partial charge in [0.25, 0.3) is 0 Å². The molecular formula is C17H11Cl2FN2O. The molecule has 0 amide bonds. The Kier molecular flexibility index (Phi) is 4.46. The van der Waals surface area contributed by atoms with Crippen molar-refractivity contribution in [2.45, 2.75) is 6.42 Å². The van der Waals surface area contributed by atoms with Crippen LogP contribution in [0, 0.1) is 5.82 Å². The van der Waals surface area contributed by atoms with Crippen molar-refractivity contribution in [2.75, 3.05) is 0 Å². The fraction of sp³-hybridized carbons (Fsp3) is 0.0588. The minimum atomic E-state index is -0.496. The molecule has 0 aliphatic carbocycles. The van der Waals surface area contributed by atoms with Crippen molar-refractivity contribution in [2.24, 2.45) is 0 Å². The van der Waals surface area contributed by atoms with Crippen LogP contribution in [0.2, 0.25) is 5.02 Å².